The van der Waals surface area contributed by atoms with E-state index in [1.165, 1.54) is 0 Å². The number of imidazole rings is 2. The van der Waals surface area contributed by atoms with Gasteiger partial charge in [0, 0.05) is 11.5 Å². The zero-order chi connectivity index (χ0) is 20.4. The Morgan fingerprint density at radius 1 is 0.621 bits per heavy atom. The highest BCUT2D eigenvalue weighted by molar-refractivity contribution is 7.99. The number of aromatic amines is 2. The highest BCUT2D eigenvalue weighted by atomic mass is 35.5. The molecule has 2 aromatic heterocycles. The van der Waals surface area contributed by atoms with E-state index in [1.807, 2.05) is 12.1 Å². The number of unbranched alkanes of at least 4 members (excludes halogenated alkanes) is 2. The summed E-state index contributed by atoms with van der Waals surface area (Å²) >= 11 is 27.6. The minimum absolute atomic E-state index is 0.523. The second-order valence-corrected chi connectivity index (χ2v) is 10.2. The first kappa shape index (κ1) is 21.5. The van der Waals surface area contributed by atoms with Crippen molar-refractivity contribution in [2.75, 3.05) is 11.5 Å². The predicted molar refractivity (Wildman–Crippen MR) is 128 cm³/mol. The molecule has 0 radical (unpaired) electrons. The van der Waals surface area contributed by atoms with Crippen LogP contribution >= 0.6 is 69.9 Å². The van der Waals surface area contributed by atoms with Gasteiger partial charge in [0.25, 0.3) is 0 Å². The molecule has 0 aliphatic heterocycles. The normalized spacial score (nSPS) is 11.7. The smallest absolute Gasteiger partial charge is 0.166 e. The van der Waals surface area contributed by atoms with Crippen molar-refractivity contribution in [3.8, 4) is 0 Å². The lowest BCUT2D eigenvalue weighted by Crippen LogP contribution is -1.86. The van der Waals surface area contributed by atoms with Crippen LogP contribution in [0.25, 0.3) is 22.1 Å². The van der Waals surface area contributed by atoms with Crippen molar-refractivity contribution in [3.63, 3.8) is 0 Å². The van der Waals surface area contributed by atoms with Crippen molar-refractivity contribution in [2.45, 2.75) is 29.6 Å². The molecule has 4 nitrogen and oxygen atoms in total. The van der Waals surface area contributed by atoms with Crippen LogP contribution in [0.3, 0.4) is 0 Å². The summed E-state index contributed by atoms with van der Waals surface area (Å²) in [4.78, 5) is 15.7. The monoisotopic (exact) mass is 504 g/mol. The summed E-state index contributed by atoms with van der Waals surface area (Å²) in [5.74, 6) is 2.02. The molecule has 4 aromatic rings. The minimum Gasteiger partial charge on any atom is -0.333 e. The van der Waals surface area contributed by atoms with Crippen LogP contribution in [0.5, 0.6) is 0 Å². The number of rotatable bonds is 8. The first-order chi connectivity index (χ1) is 14.0. The third kappa shape index (κ3) is 5.30. The van der Waals surface area contributed by atoms with Crippen molar-refractivity contribution in [1.82, 2.24) is 19.9 Å². The molecule has 2 aromatic carbocycles. The lowest BCUT2D eigenvalue weighted by molar-refractivity contribution is 0.783. The summed E-state index contributed by atoms with van der Waals surface area (Å²) in [5, 5.41) is 3.91. The van der Waals surface area contributed by atoms with Crippen LogP contribution in [0.2, 0.25) is 20.1 Å². The maximum atomic E-state index is 6.05. The van der Waals surface area contributed by atoms with Gasteiger partial charge in [0.1, 0.15) is 0 Å². The van der Waals surface area contributed by atoms with Gasteiger partial charge in [-0.25, -0.2) is 9.97 Å². The zero-order valence-electron chi connectivity index (χ0n) is 15.1. The van der Waals surface area contributed by atoms with Gasteiger partial charge < -0.3 is 9.97 Å². The zero-order valence-corrected chi connectivity index (χ0v) is 19.7. The molecule has 2 N–H and O–H groups in total. The van der Waals surface area contributed by atoms with E-state index in [9.17, 15) is 0 Å². The highest BCUT2D eigenvalue weighted by Crippen LogP contribution is 2.30. The van der Waals surface area contributed by atoms with E-state index in [4.69, 9.17) is 46.4 Å². The van der Waals surface area contributed by atoms with Gasteiger partial charge in [0.05, 0.1) is 42.2 Å². The van der Waals surface area contributed by atoms with Gasteiger partial charge in [0.15, 0.2) is 10.3 Å². The molecule has 0 aliphatic carbocycles. The van der Waals surface area contributed by atoms with Gasteiger partial charge in [-0.2, -0.15) is 0 Å². The molecule has 2 heterocycles. The van der Waals surface area contributed by atoms with E-state index < -0.39 is 0 Å². The quantitative estimate of drug-likeness (QED) is 0.187. The predicted octanol–water partition coefficient (Wildman–Crippen LogP) is 8.11. The third-order valence-electron chi connectivity index (χ3n) is 4.27. The van der Waals surface area contributed by atoms with Gasteiger partial charge in [-0.15, -0.1) is 0 Å². The van der Waals surface area contributed by atoms with Crippen LogP contribution in [0, 0.1) is 0 Å². The molecule has 0 atom stereocenters. The Bertz CT molecular complexity index is 990. The number of halogens is 4. The van der Waals surface area contributed by atoms with E-state index in [0.717, 1.165) is 63.1 Å². The fourth-order valence-electron chi connectivity index (χ4n) is 2.82. The van der Waals surface area contributed by atoms with Crippen LogP contribution in [0.4, 0.5) is 0 Å². The summed E-state index contributed by atoms with van der Waals surface area (Å²) in [6.07, 6.45) is 3.39. The molecule has 0 saturated carbocycles. The number of nitrogens with zero attached hydrogens (tertiary/aromatic N) is 2. The third-order valence-corrected chi connectivity index (χ3v) is 7.63. The maximum absolute atomic E-state index is 6.05. The molecule has 0 aliphatic rings. The fourth-order valence-corrected chi connectivity index (χ4v) is 5.24. The fraction of sp³-hybridized carbons (Fsp3) is 0.263. The van der Waals surface area contributed by atoms with Crippen LogP contribution in [0.1, 0.15) is 19.3 Å². The minimum atomic E-state index is 0.523. The van der Waals surface area contributed by atoms with E-state index in [2.05, 4.69) is 19.9 Å². The molecule has 0 fully saturated rings. The molecule has 0 amide bonds. The maximum Gasteiger partial charge on any atom is 0.166 e. The Morgan fingerprint density at radius 2 is 1.03 bits per heavy atom. The first-order valence-corrected chi connectivity index (χ1v) is 12.4. The summed E-state index contributed by atoms with van der Waals surface area (Å²) in [7, 11) is 0. The van der Waals surface area contributed by atoms with Crippen molar-refractivity contribution in [3.05, 3.63) is 44.4 Å². The lowest BCUT2D eigenvalue weighted by Gasteiger charge is -1.99. The van der Waals surface area contributed by atoms with Crippen LogP contribution < -0.4 is 0 Å². The molecular weight excluding hydrogens is 490 g/mol. The number of hydrogen-bond acceptors (Lipinski definition) is 4. The van der Waals surface area contributed by atoms with Gasteiger partial charge >= 0.3 is 0 Å². The average Bonchev–Trinajstić information content (AvgIpc) is 3.24. The number of hydrogen-bond donors (Lipinski definition) is 2. The van der Waals surface area contributed by atoms with Crippen LogP contribution in [-0.2, 0) is 0 Å². The molecule has 10 heteroatoms. The molecule has 29 heavy (non-hydrogen) atoms. The number of thioether (sulfide) groups is 2. The SMILES string of the molecule is Clc1cc2nc(SCCCCCSc3nc4cc(Cl)c(Cl)cc4[nH]3)[nH]c2cc1Cl. The number of benzene rings is 2. The average molecular weight is 506 g/mol. The second kappa shape index (κ2) is 9.58. The number of fused-ring (bicyclic) bond motifs is 2. The van der Waals surface area contributed by atoms with Gasteiger partial charge in [-0.05, 0) is 37.1 Å². The van der Waals surface area contributed by atoms with Crippen molar-refractivity contribution in [1.29, 1.82) is 0 Å². The number of H-pyrrole nitrogens is 2. The first-order valence-electron chi connectivity index (χ1n) is 8.95. The van der Waals surface area contributed by atoms with E-state index in [0.29, 0.717) is 20.1 Å². The Labute approximate surface area is 196 Å². The van der Waals surface area contributed by atoms with Crippen molar-refractivity contribution in [2.24, 2.45) is 0 Å². The van der Waals surface area contributed by atoms with Crippen LogP contribution in [0.15, 0.2) is 34.6 Å². The van der Waals surface area contributed by atoms with Crippen molar-refractivity contribution < 1.29 is 0 Å². The summed E-state index contributed by atoms with van der Waals surface area (Å²) in [6, 6.07) is 7.20. The lowest BCUT2D eigenvalue weighted by atomic mass is 10.3. The van der Waals surface area contributed by atoms with E-state index in [1.54, 1.807) is 35.7 Å². The van der Waals surface area contributed by atoms with E-state index in [-0.39, 0.29) is 0 Å². The number of nitrogens with one attached hydrogen (secondary N) is 2. The standard InChI is InChI=1S/C19H16Cl4N4S2/c20-10-6-14-15(7-11(10)21)25-18(24-14)28-4-2-1-3-5-29-19-26-16-8-12(22)13(23)9-17(16)27-19/h6-9H,1-5H2,(H,24,25)(H,26,27). The topological polar surface area (TPSA) is 57.4 Å². The summed E-state index contributed by atoms with van der Waals surface area (Å²) in [5.41, 5.74) is 3.50. The molecule has 0 unspecified atom stereocenters. The summed E-state index contributed by atoms with van der Waals surface area (Å²) in [6.45, 7) is 0. The molecule has 152 valence electrons. The van der Waals surface area contributed by atoms with Gasteiger partial charge in [-0.1, -0.05) is 76.3 Å². The molecule has 0 bridgehead atoms. The van der Waals surface area contributed by atoms with Gasteiger partial charge in [-0.3, -0.25) is 0 Å². The Hall–Kier alpha value is -0.760. The second-order valence-electron chi connectivity index (χ2n) is 6.41. The Balaban J connectivity index is 1.19. The Morgan fingerprint density at radius 3 is 1.48 bits per heavy atom. The highest BCUT2D eigenvalue weighted by Gasteiger charge is 2.08. The van der Waals surface area contributed by atoms with Crippen molar-refractivity contribution >= 4 is 92.0 Å². The van der Waals surface area contributed by atoms with E-state index >= 15 is 0 Å². The van der Waals surface area contributed by atoms with Crippen LogP contribution in [-0.4, -0.2) is 31.4 Å². The van der Waals surface area contributed by atoms with Gasteiger partial charge in [0.2, 0.25) is 0 Å². The molecule has 4 rings (SSSR count). The molecular formula is C19H16Cl4N4S2. The molecule has 0 saturated heterocycles. The largest absolute Gasteiger partial charge is 0.333 e. The summed E-state index contributed by atoms with van der Waals surface area (Å²) < 4.78 is 0. The number of aromatic nitrogens is 4. The Kier molecular flexibility index (Phi) is 7.10. The molecule has 0 spiro atoms.